The van der Waals surface area contributed by atoms with Crippen LogP contribution < -0.4 is 16.4 Å². The fourth-order valence-corrected chi connectivity index (χ4v) is 1.59. The van der Waals surface area contributed by atoms with Crippen molar-refractivity contribution in [2.45, 2.75) is 0 Å². The fraction of sp³-hybridized carbons (Fsp3) is 0. The van der Waals surface area contributed by atoms with Crippen LogP contribution in [0.2, 0.25) is 0 Å². The highest BCUT2D eigenvalue weighted by molar-refractivity contribution is 6.01. The molecule has 0 fully saturated rings. The molecule has 2 aromatic carbocycles. The van der Waals surface area contributed by atoms with Crippen molar-refractivity contribution in [1.29, 1.82) is 5.41 Å². The minimum Gasteiger partial charge on any atom is -0.384 e. The lowest BCUT2D eigenvalue weighted by atomic mass is 10.2. The average molecular weight is 272 g/mol. The number of benzene rings is 2. The van der Waals surface area contributed by atoms with Crippen LogP contribution in [-0.2, 0) is 0 Å². The number of nitrogens with two attached hydrogens (primary N) is 1. The van der Waals surface area contributed by atoms with Crippen LogP contribution in [0.1, 0.15) is 5.56 Å². The summed E-state index contributed by atoms with van der Waals surface area (Å²) in [5.41, 5.74) is 6.88. The Bertz CT molecular complexity index is 640. The highest BCUT2D eigenvalue weighted by atomic mass is 19.1. The quantitative estimate of drug-likeness (QED) is 0.511. The zero-order valence-corrected chi connectivity index (χ0v) is 10.5. The molecule has 2 rings (SSSR count). The molecule has 5 N–H and O–H groups in total. The summed E-state index contributed by atoms with van der Waals surface area (Å²) in [4.78, 5) is 11.7. The molecule has 0 aromatic heterocycles. The smallest absolute Gasteiger partial charge is 0.323 e. The number of amidine groups is 1. The first-order chi connectivity index (χ1) is 9.54. The topological polar surface area (TPSA) is 91.0 Å². The van der Waals surface area contributed by atoms with Crippen LogP contribution >= 0.6 is 0 Å². The van der Waals surface area contributed by atoms with Gasteiger partial charge in [-0.05, 0) is 36.4 Å². The summed E-state index contributed by atoms with van der Waals surface area (Å²) in [5.74, 6) is -0.447. The van der Waals surface area contributed by atoms with Crippen LogP contribution in [0.15, 0.2) is 48.5 Å². The molecule has 0 unspecified atom stereocenters. The molecule has 0 heterocycles. The van der Waals surface area contributed by atoms with E-state index in [4.69, 9.17) is 11.1 Å². The lowest BCUT2D eigenvalue weighted by Gasteiger charge is -2.08. The molecule has 0 saturated carbocycles. The molecule has 0 atom stereocenters. The van der Waals surface area contributed by atoms with Gasteiger partial charge in [0.05, 0.1) is 0 Å². The molecular weight excluding hydrogens is 259 g/mol. The van der Waals surface area contributed by atoms with Crippen molar-refractivity contribution in [2.24, 2.45) is 5.73 Å². The van der Waals surface area contributed by atoms with E-state index in [1.54, 1.807) is 24.3 Å². The van der Waals surface area contributed by atoms with Gasteiger partial charge < -0.3 is 16.4 Å². The number of halogens is 1. The van der Waals surface area contributed by atoms with Gasteiger partial charge in [-0.1, -0.05) is 12.1 Å². The molecule has 0 radical (unpaired) electrons. The molecule has 5 nitrogen and oxygen atoms in total. The van der Waals surface area contributed by atoms with Gasteiger partial charge in [-0.15, -0.1) is 0 Å². The molecule has 0 saturated heterocycles. The first-order valence-electron chi connectivity index (χ1n) is 5.82. The summed E-state index contributed by atoms with van der Waals surface area (Å²) in [7, 11) is 0. The minimum atomic E-state index is -0.461. The Balaban J connectivity index is 2.02. The Hall–Kier alpha value is -2.89. The first-order valence-corrected chi connectivity index (χ1v) is 5.82. The standard InChI is InChI=1S/C14H13FN4O/c15-10-4-6-11(7-5-10)18-14(20)19-12-3-1-2-9(8-12)13(16)17/h1-8H,(H3,16,17)(H2,18,19,20). The summed E-state index contributed by atoms with van der Waals surface area (Å²) in [6.45, 7) is 0. The van der Waals surface area contributed by atoms with E-state index < -0.39 is 6.03 Å². The highest BCUT2D eigenvalue weighted by Gasteiger charge is 2.04. The Labute approximate surface area is 115 Å². The second kappa shape index (κ2) is 5.83. The fourth-order valence-electron chi connectivity index (χ4n) is 1.59. The van der Waals surface area contributed by atoms with Gasteiger partial charge in [0.1, 0.15) is 11.7 Å². The Morgan fingerprint density at radius 1 is 1.05 bits per heavy atom. The second-order valence-corrected chi connectivity index (χ2v) is 4.08. The molecule has 0 bridgehead atoms. The molecule has 102 valence electrons. The maximum Gasteiger partial charge on any atom is 0.323 e. The SMILES string of the molecule is N=C(N)c1cccc(NC(=O)Nc2ccc(F)cc2)c1. The van der Waals surface area contributed by atoms with Crippen molar-refractivity contribution in [3.05, 3.63) is 59.9 Å². The largest absolute Gasteiger partial charge is 0.384 e. The summed E-state index contributed by atoms with van der Waals surface area (Å²) in [5, 5.41) is 12.5. The molecular formula is C14H13FN4O. The second-order valence-electron chi connectivity index (χ2n) is 4.08. The van der Waals surface area contributed by atoms with E-state index in [2.05, 4.69) is 10.6 Å². The lowest BCUT2D eigenvalue weighted by Crippen LogP contribution is -2.20. The molecule has 2 aromatic rings. The van der Waals surface area contributed by atoms with Gasteiger partial charge in [0.2, 0.25) is 0 Å². The van der Waals surface area contributed by atoms with Gasteiger partial charge in [-0.2, -0.15) is 0 Å². The molecule has 6 heteroatoms. The number of carbonyl (C=O) groups excluding carboxylic acids is 1. The van der Waals surface area contributed by atoms with Crippen molar-refractivity contribution in [3.63, 3.8) is 0 Å². The van der Waals surface area contributed by atoms with Gasteiger partial charge in [-0.3, -0.25) is 5.41 Å². The van der Waals surface area contributed by atoms with E-state index in [0.717, 1.165) is 0 Å². The summed E-state index contributed by atoms with van der Waals surface area (Å²) in [6.07, 6.45) is 0. The van der Waals surface area contributed by atoms with Crippen LogP contribution in [0.4, 0.5) is 20.6 Å². The third kappa shape index (κ3) is 3.55. The Kier molecular flexibility index (Phi) is 3.95. The number of hydrogen-bond donors (Lipinski definition) is 4. The number of carbonyl (C=O) groups is 1. The van der Waals surface area contributed by atoms with Crippen LogP contribution in [0.5, 0.6) is 0 Å². The highest BCUT2D eigenvalue weighted by Crippen LogP contribution is 2.12. The minimum absolute atomic E-state index is 0.0763. The number of rotatable bonds is 3. The number of urea groups is 1. The number of anilines is 2. The van der Waals surface area contributed by atoms with Crippen molar-refractivity contribution >= 4 is 23.2 Å². The van der Waals surface area contributed by atoms with Gasteiger partial charge in [0.25, 0.3) is 0 Å². The number of hydrogen-bond acceptors (Lipinski definition) is 2. The van der Waals surface area contributed by atoms with E-state index in [0.29, 0.717) is 16.9 Å². The summed E-state index contributed by atoms with van der Waals surface area (Å²) in [6, 6.07) is 11.6. The van der Waals surface area contributed by atoms with E-state index in [-0.39, 0.29) is 11.7 Å². The van der Waals surface area contributed by atoms with E-state index in [1.807, 2.05) is 0 Å². The van der Waals surface area contributed by atoms with Gasteiger partial charge in [0, 0.05) is 16.9 Å². The monoisotopic (exact) mass is 272 g/mol. The number of nitrogens with one attached hydrogen (secondary N) is 3. The van der Waals surface area contributed by atoms with Crippen LogP contribution in [-0.4, -0.2) is 11.9 Å². The van der Waals surface area contributed by atoms with E-state index >= 15 is 0 Å². The average Bonchev–Trinajstić information content (AvgIpc) is 2.41. The first kappa shape index (κ1) is 13.5. The van der Waals surface area contributed by atoms with E-state index in [1.165, 1.54) is 24.3 Å². The molecule has 20 heavy (non-hydrogen) atoms. The zero-order valence-electron chi connectivity index (χ0n) is 10.5. The summed E-state index contributed by atoms with van der Waals surface area (Å²) < 4.78 is 12.7. The Morgan fingerprint density at radius 2 is 1.70 bits per heavy atom. The van der Waals surface area contributed by atoms with Crippen molar-refractivity contribution < 1.29 is 9.18 Å². The van der Waals surface area contributed by atoms with Gasteiger partial charge in [-0.25, -0.2) is 9.18 Å². The van der Waals surface area contributed by atoms with Crippen LogP contribution in [0, 0.1) is 11.2 Å². The molecule has 2 amide bonds. The predicted molar refractivity (Wildman–Crippen MR) is 76.5 cm³/mol. The molecule has 0 spiro atoms. The molecule has 0 aliphatic carbocycles. The summed E-state index contributed by atoms with van der Waals surface area (Å²) >= 11 is 0. The zero-order chi connectivity index (χ0) is 14.5. The van der Waals surface area contributed by atoms with Crippen molar-refractivity contribution in [2.75, 3.05) is 10.6 Å². The van der Waals surface area contributed by atoms with Gasteiger partial charge in [0.15, 0.2) is 0 Å². The van der Waals surface area contributed by atoms with Gasteiger partial charge >= 0.3 is 6.03 Å². The predicted octanol–water partition coefficient (Wildman–Crippen LogP) is 2.75. The van der Waals surface area contributed by atoms with Crippen LogP contribution in [0.25, 0.3) is 0 Å². The number of nitrogen functional groups attached to an aromatic ring is 1. The van der Waals surface area contributed by atoms with Crippen LogP contribution in [0.3, 0.4) is 0 Å². The normalized spacial score (nSPS) is 9.85. The molecule has 0 aliphatic heterocycles. The molecule has 0 aliphatic rings. The lowest BCUT2D eigenvalue weighted by molar-refractivity contribution is 0.262. The van der Waals surface area contributed by atoms with E-state index in [9.17, 15) is 9.18 Å². The maximum atomic E-state index is 12.7. The number of amides is 2. The Morgan fingerprint density at radius 3 is 2.35 bits per heavy atom. The third-order valence-electron chi connectivity index (χ3n) is 2.53. The third-order valence-corrected chi connectivity index (χ3v) is 2.53. The van der Waals surface area contributed by atoms with Crippen molar-refractivity contribution in [3.8, 4) is 0 Å². The van der Waals surface area contributed by atoms with Crippen molar-refractivity contribution in [1.82, 2.24) is 0 Å². The maximum absolute atomic E-state index is 12.7.